The molecule has 2 atom stereocenters. The van der Waals surface area contributed by atoms with Crippen molar-refractivity contribution in [1.29, 1.82) is 0 Å². The second kappa shape index (κ2) is 8.74. The number of nitrogens with one attached hydrogen (secondary N) is 2. The van der Waals surface area contributed by atoms with E-state index in [2.05, 4.69) is 29.4 Å². The highest BCUT2D eigenvalue weighted by Gasteiger charge is 2.24. The largest absolute Gasteiger partial charge is 0.353 e. The summed E-state index contributed by atoms with van der Waals surface area (Å²) in [5.41, 5.74) is 0. The van der Waals surface area contributed by atoms with E-state index in [4.69, 9.17) is 0 Å². The molecule has 0 aromatic carbocycles. The average Bonchev–Trinajstić information content (AvgIpc) is 2.50. The monoisotopic (exact) mass is 295 g/mol. The fourth-order valence-electron chi connectivity index (χ4n) is 3.73. The van der Waals surface area contributed by atoms with E-state index in [1.807, 2.05) is 0 Å². The van der Waals surface area contributed by atoms with Gasteiger partial charge in [-0.2, -0.15) is 0 Å². The third-order valence-corrected chi connectivity index (χ3v) is 5.14. The predicted molar refractivity (Wildman–Crippen MR) is 87.3 cm³/mol. The van der Waals surface area contributed by atoms with E-state index < -0.39 is 0 Å². The lowest BCUT2D eigenvalue weighted by Crippen LogP contribution is -2.45. The summed E-state index contributed by atoms with van der Waals surface area (Å²) in [5, 5.41) is 6.72. The molecular formula is C17H33N3O. The Morgan fingerprint density at radius 2 is 2.10 bits per heavy atom. The van der Waals surface area contributed by atoms with Gasteiger partial charge in [-0.1, -0.05) is 13.8 Å². The molecule has 0 aromatic rings. The summed E-state index contributed by atoms with van der Waals surface area (Å²) >= 11 is 0. The third kappa shape index (κ3) is 5.59. The first-order valence-electron chi connectivity index (χ1n) is 8.91. The van der Waals surface area contributed by atoms with Crippen molar-refractivity contribution >= 4 is 5.91 Å². The maximum Gasteiger partial charge on any atom is 0.220 e. The quantitative estimate of drug-likeness (QED) is 0.788. The van der Waals surface area contributed by atoms with Crippen LogP contribution < -0.4 is 10.6 Å². The third-order valence-electron chi connectivity index (χ3n) is 5.14. The fourth-order valence-corrected chi connectivity index (χ4v) is 3.73. The lowest BCUT2D eigenvalue weighted by atomic mass is 9.85. The zero-order chi connectivity index (χ0) is 15.1. The Hall–Kier alpha value is -0.610. The van der Waals surface area contributed by atoms with Crippen LogP contribution in [0, 0.1) is 11.8 Å². The number of likely N-dealkylation sites (tertiary alicyclic amines) is 1. The van der Waals surface area contributed by atoms with Gasteiger partial charge in [-0.3, -0.25) is 4.79 Å². The Kier molecular flexibility index (Phi) is 6.97. The van der Waals surface area contributed by atoms with Gasteiger partial charge in [0.05, 0.1) is 0 Å². The van der Waals surface area contributed by atoms with Gasteiger partial charge in [-0.15, -0.1) is 0 Å². The van der Waals surface area contributed by atoms with Crippen LogP contribution in [0.15, 0.2) is 0 Å². The highest BCUT2D eigenvalue weighted by Crippen LogP contribution is 2.22. The zero-order valence-corrected chi connectivity index (χ0v) is 13.9. The number of nitrogens with zero attached hydrogens (tertiary/aromatic N) is 1. The lowest BCUT2D eigenvalue weighted by molar-refractivity contribution is -0.123. The number of rotatable bonds is 6. The normalized spacial score (nSPS) is 26.5. The Morgan fingerprint density at radius 1 is 1.33 bits per heavy atom. The number of amides is 1. The molecule has 0 bridgehead atoms. The van der Waals surface area contributed by atoms with Crippen LogP contribution >= 0.6 is 0 Å². The topological polar surface area (TPSA) is 44.4 Å². The second-order valence-corrected chi connectivity index (χ2v) is 6.97. The minimum absolute atomic E-state index is 0.266. The number of hydrogen-bond donors (Lipinski definition) is 2. The molecule has 2 fully saturated rings. The van der Waals surface area contributed by atoms with Gasteiger partial charge in [0.1, 0.15) is 0 Å². The van der Waals surface area contributed by atoms with Crippen molar-refractivity contribution in [3.63, 3.8) is 0 Å². The van der Waals surface area contributed by atoms with E-state index in [0.717, 1.165) is 39.0 Å². The van der Waals surface area contributed by atoms with Crippen LogP contribution in [0.3, 0.4) is 0 Å². The van der Waals surface area contributed by atoms with Crippen molar-refractivity contribution in [3.8, 4) is 0 Å². The van der Waals surface area contributed by atoms with Gasteiger partial charge >= 0.3 is 0 Å². The molecule has 2 heterocycles. The molecule has 2 aliphatic heterocycles. The van der Waals surface area contributed by atoms with Crippen LogP contribution in [0.1, 0.15) is 52.4 Å². The van der Waals surface area contributed by atoms with E-state index >= 15 is 0 Å². The van der Waals surface area contributed by atoms with Crippen molar-refractivity contribution in [2.75, 3.05) is 32.7 Å². The first-order valence-corrected chi connectivity index (χ1v) is 8.91. The molecule has 4 heteroatoms. The molecule has 2 aliphatic rings. The summed E-state index contributed by atoms with van der Waals surface area (Å²) in [6.45, 7) is 10.2. The van der Waals surface area contributed by atoms with Crippen molar-refractivity contribution in [2.45, 2.75) is 58.4 Å². The molecule has 2 N–H and O–H groups in total. The van der Waals surface area contributed by atoms with Crippen molar-refractivity contribution < 1.29 is 4.79 Å². The standard InChI is InChI=1S/C17H33N3O/c1-3-9-20-10-6-16(7-11-20)19-17(21)12-14(2)15-5-4-8-18-13-15/h14-16,18H,3-13H2,1-2H3,(H,19,21). The molecule has 21 heavy (non-hydrogen) atoms. The molecule has 1 amide bonds. The second-order valence-electron chi connectivity index (χ2n) is 6.97. The highest BCUT2D eigenvalue weighted by molar-refractivity contribution is 5.76. The van der Waals surface area contributed by atoms with Crippen molar-refractivity contribution in [2.24, 2.45) is 11.8 Å². The van der Waals surface area contributed by atoms with Crippen molar-refractivity contribution in [3.05, 3.63) is 0 Å². The van der Waals surface area contributed by atoms with E-state index in [0.29, 0.717) is 24.3 Å². The first kappa shape index (κ1) is 16.8. The predicted octanol–water partition coefficient (Wildman–Crippen LogP) is 2.00. The van der Waals surface area contributed by atoms with Gasteiger partial charge in [0.2, 0.25) is 5.91 Å². The number of piperidine rings is 2. The van der Waals surface area contributed by atoms with Crippen molar-refractivity contribution in [1.82, 2.24) is 15.5 Å². The van der Waals surface area contributed by atoms with Crippen LogP contribution in [0.2, 0.25) is 0 Å². The summed E-state index contributed by atoms with van der Waals surface area (Å²) < 4.78 is 0. The van der Waals surface area contributed by atoms with Gasteiger partial charge in [0, 0.05) is 25.6 Å². The molecule has 0 aliphatic carbocycles. The van der Waals surface area contributed by atoms with Crippen LogP contribution in [-0.2, 0) is 4.79 Å². The van der Waals surface area contributed by atoms with Gasteiger partial charge in [-0.05, 0) is 63.6 Å². The number of carbonyl (C=O) groups excluding carboxylic acids is 1. The Balaban J connectivity index is 1.65. The first-order chi connectivity index (χ1) is 10.2. The van der Waals surface area contributed by atoms with Crippen LogP contribution in [0.5, 0.6) is 0 Å². The summed E-state index contributed by atoms with van der Waals surface area (Å²) in [5.74, 6) is 1.44. The maximum absolute atomic E-state index is 12.2. The molecule has 2 rings (SSSR count). The lowest BCUT2D eigenvalue weighted by Gasteiger charge is -2.33. The SMILES string of the molecule is CCCN1CCC(NC(=O)CC(C)C2CCCNC2)CC1. The van der Waals surface area contributed by atoms with Gasteiger partial charge in [0.15, 0.2) is 0 Å². The smallest absolute Gasteiger partial charge is 0.220 e. The zero-order valence-electron chi connectivity index (χ0n) is 13.9. The molecule has 0 spiro atoms. The molecule has 2 saturated heterocycles. The Bertz CT molecular complexity index is 307. The molecule has 122 valence electrons. The number of carbonyl (C=O) groups is 1. The number of hydrogen-bond acceptors (Lipinski definition) is 3. The fraction of sp³-hybridized carbons (Fsp3) is 0.941. The minimum atomic E-state index is 0.266. The van der Waals surface area contributed by atoms with E-state index in [1.54, 1.807) is 0 Å². The summed E-state index contributed by atoms with van der Waals surface area (Å²) in [6.07, 6.45) is 6.69. The van der Waals surface area contributed by atoms with Gasteiger partial charge in [-0.25, -0.2) is 0 Å². The van der Waals surface area contributed by atoms with Crippen LogP contribution in [0.25, 0.3) is 0 Å². The molecule has 0 aromatic heterocycles. The van der Waals surface area contributed by atoms with Gasteiger partial charge in [0.25, 0.3) is 0 Å². The van der Waals surface area contributed by atoms with E-state index in [-0.39, 0.29) is 5.91 Å². The summed E-state index contributed by atoms with van der Waals surface area (Å²) in [4.78, 5) is 14.7. The van der Waals surface area contributed by atoms with Crippen LogP contribution in [-0.4, -0.2) is 49.6 Å². The van der Waals surface area contributed by atoms with Crippen LogP contribution in [0.4, 0.5) is 0 Å². The molecule has 4 nitrogen and oxygen atoms in total. The molecule has 0 saturated carbocycles. The molecule has 2 unspecified atom stereocenters. The van der Waals surface area contributed by atoms with E-state index in [1.165, 1.54) is 25.8 Å². The maximum atomic E-state index is 12.2. The molecule has 0 radical (unpaired) electrons. The highest BCUT2D eigenvalue weighted by atomic mass is 16.1. The Morgan fingerprint density at radius 3 is 2.71 bits per heavy atom. The molecular weight excluding hydrogens is 262 g/mol. The summed E-state index contributed by atoms with van der Waals surface area (Å²) in [7, 11) is 0. The van der Waals surface area contributed by atoms with Gasteiger partial charge < -0.3 is 15.5 Å². The Labute approximate surface area is 130 Å². The summed E-state index contributed by atoms with van der Waals surface area (Å²) in [6, 6.07) is 0.405. The minimum Gasteiger partial charge on any atom is -0.353 e. The van der Waals surface area contributed by atoms with E-state index in [9.17, 15) is 4.79 Å². The average molecular weight is 295 g/mol.